The highest BCUT2D eigenvalue weighted by Gasteiger charge is 2.12. The molecule has 0 amide bonds. The van der Waals surface area contributed by atoms with Crippen molar-refractivity contribution in [3.63, 3.8) is 0 Å². The average Bonchev–Trinajstić information content (AvgIpc) is 3.64. The van der Waals surface area contributed by atoms with Crippen LogP contribution in [0.3, 0.4) is 0 Å². The second-order valence-electron chi connectivity index (χ2n) is 7.41. The third-order valence-electron chi connectivity index (χ3n) is 5.17. The monoisotopic (exact) mass is 460 g/mol. The van der Waals surface area contributed by atoms with Crippen LogP contribution in [-0.4, -0.2) is 27.0 Å². The molecular weight excluding hydrogens is 439 g/mol. The van der Waals surface area contributed by atoms with Gasteiger partial charge in [0, 0.05) is 23.9 Å². The number of halogens is 1. The Morgan fingerprint density at radius 3 is 2.76 bits per heavy atom. The summed E-state index contributed by atoms with van der Waals surface area (Å²) in [5.41, 5.74) is 3.15. The summed E-state index contributed by atoms with van der Waals surface area (Å²) >= 11 is 0. The lowest BCUT2D eigenvalue weighted by molar-refractivity contribution is 0.389. The predicted molar refractivity (Wildman–Crippen MR) is 123 cm³/mol. The Kier molecular flexibility index (Phi) is 5.93. The number of nitrogens with one attached hydrogen (secondary N) is 2. The van der Waals surface area contributed by atoms with Crippen LogP contribution in [-0.2, 0) is 13.1 Å². The normalized spacial score (nSPS) is 10.9. The summed E-state index contributed by atoms with van der Waals surface area (Å²) in [6.07, 6.45) is 4.84. The number of anilines is 2. The number of para-hydroxylation sites is 2. The molecule has 0 aliphatic rings. The fourth-order valence-electron chi connectivity index (χ4n) is 3.45. The zero-order valence-electron chi connectivity index (χ0n) is 18.2. The molecule has 0 saturated heterocycles. The Balaban J connectivity index is 1.26. The highest BCUT2D eigenvalue weighted by atomic mass is 19.1. The summed E-state index contributed by atoms with van der Waals surface area (Å²) in [7, 11) is 1.62. The van der Waals surface area contributed by atoms with E-state index in [4.69, 9.17) is 13.8 Å². The summed E-state index contributed by atoms with van der Waals surface area (Å²) in [4.78, 5) is 4.38. The van der Waals surface area contributed by atoms with Gasteiger partial charge >= 0.3 is 0 Å². The molecule has 34 heavy (non-hydrogen) atoms. The van der Waals surface area contributed by atoms with E-state index in [1.54, 1.807) is 48.5 Å². The Bertz CT molecular complexity index is 1380. The average molecular weight is 460 g/mol. The van der Waals surface area contributed by atoms with Crippen molar-refractivity contribution >= 4 is 11.5 Å². The molecule has 0 aliphatic carbocycles. The maximum absolute atomic E-state index is 15.0. The number of benzene rings is 2. The lowest BCUT2D eigenvalue weighted by atomic mass is 10.1. The first-order valence-corrected chi connectivity index (χ1v) is 10.5. The maximum atomic E-state index is 15.0. The molecule has 0 bridgehead atoms. The Labute approximate surface area is 194 Å². The number of ether oxygens (including phenoxy) is 1. The van der Waals surface area contributed by atoms with Gasteiger partial charge in [-0.3, -0.25) is 0 Å². The van der Waals surface area contributed by atoms with Crippen LogP contribution in [0.15, 0.2) is 82.4 Å². The smallest absolute Gasteiger partial charge is 0.169 e. The standard InChI is InChI=1S/C24H21FN6O3/c1-32-23-5-3-2-4-20(23)26-12-17-14-31(15-28-17)22-7-6-16(10-19(22)25)21-11-18(34-29-21)13-27-24-8-9-33-30-24/h2-11,14-15,26H,12-13H2,1H3,(H,27,30). The molecule has 0 aliphatic heterocycles. The van der Waals surface area contributed by atoms with E-state index >= 15 is 0 Å². The van der Waals surface area contributed by atoms with Crippen molar-refractivity contribution in [1.29, 1.82) is 0 Å². The largest absolute Gasteiger partial charge is 0.495 e. The van der Waals surface area contributed by atoms with Gasteiger partial charge in [0.1, 0.15) is 23.5 Å². The fraction of sp³-hybridized carbons (Fsp3) is 0.125. The van der Waals surface area contributed by atoms with Crippen molar-refractivity contribution in [2.75, 3.05) is 17.7 Å². The first-order valence-electron chi connectivity index (χ1n) is 10.5. The topological polar surface area (TPSA) is 103 Å². The van der Waals surface area contributed by atoms with Crippen LogP contribution in [0.4, 0.5) is 15.9 Å². The van der Waals surface area contributed by atoms with Gasteiger partial charge in [-0.1, -0.05) is 28.5 Å². The highest BCUT2D eigenvalue weighted by Crippen LogP contribution is 2.25. The second kappa shape index (κ2) is 9.49. The van der Waals surface area contributed by atoms with E-state index in [-0.39, 0.29) is 0 Å². The van der Waals surface area contributed by atoms with Crippen LogP contribution in [0, 0.1) is 5.82 Å². The third-order valence-corrected chi connectivity index (χ3v) is 5.17. The van der Waals surface area contributed by atoms with Crippen LogP contribution in [0.1, 0.15) is 11.5 Å². The van der Waals surface area contributed by atoms with Crippen molar-refractivity contribution in [1.82, 2.24) is 19.9 Å². The molecule has 0 spiro atoms. The van der Waals surface area contributed by atoms with Crippen LogP contribution < -0.4 is 15.4 Å². The van der Waals surface area contributed by atoms with Crippen molar-refractivity contribution in [2.45, 2.75) is 13.1 Å². The molecule has 0 fully saturated rings. The first-order chi connectivity index (χ1) is 16.7. The van der Waals surface area contributed by atoms with Crippen molar-refractivity contribution < 1.29 is 18.2 Å². The predicted octanol–water partition coefficient (Wildman–Crippen LogP) is 4.89. The van der Waals surface area contributed by atoms with Crippen molar-refractivity contribution in [3.05, 3.63) is 90.7 Å². The molecule has 0 atom stereocenters. The van der Waals surface area contributed by atoms with E-state index in [0.29, 0.717) is 41.6 Å². The third kappa shape index (κ3) is 4.60. The van der Waals surface area contributed by atoms with E-state index < -0.39 is 5.82 Å². The molecular formula is C24H21FN6O3. The molecule has 10 heteroatoms. The van der Waals surface area contributed by atoms with Gasteiger partial charge in [0.05, 0.1) is 43.6 Å². The van der Waals surface area contributed by atoms with Crippen molar-refractivity contribution in [2.24, 2.45) is 0 Å². The van der Waals surface area contributed by atoms with E-state index in [2.05, 4.69) is 25.9 Å². The zero-order valence-corrected chi connectivity index (χ0v) is 18.2. The minimum Gasteiger partial charge on any atom is -0.495 e. The molecule has 2 N–H and O–H groups in total. The van der Waals surface area contributed by atoms with Gasteiger partial charge in [0.25, 0.3) is 0 Å². The first kappa shape index (κ1) is 21.3. The van der Waals surface area contributed by atoms with Gasteiger partial charge in [-0.15, -0.1) is 0 Å². The summed E-state index contributed by atoms with van der Waals surface area (Å²) < 4.78 is 32.0. The lowest BCUT2D eigenvalue weighted by Crippen LogP contribution is -2.01. The lowest BCUT2D eigenvalue weighted by Gasteiger charge is -2.09. The van der Waals surface area contributed by atoms with Crippen LogP contribution in [0.5, 0.6) is 5.75 Å². The quantitative estimate of drug-likeness (QED) is 0.321. The molecule has 0 saturated carbocycles. The molecule has 3 aromatic heterocycles. The van der Waals surface area contributed by atoms with E-state index in [1.165, 1.54) is 12.3 Å². The molecule has 0 unspecified atom stereocenters. The van der Waals surface area contributed by atoms with Gasteiger partial charge in [-0.2, -0.15) is 0 Å². The van der Waals surface area contributed by atoms with Crippen LogP contribution in [0.25, 0.3) is 16.9 Å². The zero-order chi connectivity index (χ0) is 23.3. The minimum atomic E-state index is -0.399. The maximum Gasteiger partial charge on any atom is 0.169 e. The highest BCUT2D eigenvalue weighted by molar-refractivity contribution is 5.61. The Morgan fingerprint density at radius 2 is 1.94 bits per heavy atom. The number of methoxy groups -OCH3 is 1. The van der Waals surface area contributed by atoms with Gasteiger partial charge in [0.2, 0.25) is 0 Å². The summed E-state index contributed by atoms with van der Waals surface area (Å²) in [6, 6.07) is 16.0. The van der Waals surface area contributed by atoms with Crippen molar-refractivity contribution in [3.8, 4) is 22.7 Å². The fourth-order valence-corrected chi connectivity index (χ4v) is 3.45. The summed E-state index contributed by atoms with van der Waals surface area (Å²) in [5.74, 6) is 1.52. The Morgan fingerprint density at radius 1 is 1.03 bits per heavy atom. The molecule has 5 rings (SSSR count). The van der Waals surface area contributed by atoms with E-state index in [1.807, 2.05) is 24.3 Å². The SMILES string of the molecule is COc1ccccc1NCc1cn(-c2ccc(-c3cc(CNc4ccon4)on3)cc2F)cn1. The van der Waals surface area contributed by atoms with Gasteiger partial charge < -0.3 is 29.0 Å². The number of aromatic nitrogens is 4. The molecule has 5 aromatic rings. The van der Waals surface area contributed by atoms with Crippen LogP contribution in [0.2, 0.25) is 0 Å². The molecule has 0 radical (unpaired) electrons. The number of hydrogen-bond donors (Lipinski definition) is 2. The number of imidazole rings is 1. The van der Waals surface area contributed by atoms with Crippen LogP contribution >= 0.6 is 0 Å². The molecule has 9 nitrogen and oxygen atoms in total. The van der Waals surface area contributed by atoms with E-state index in [0.717, 1.165) is 17.1 Å². The molecule has 3 heterocycles. The van der Waals surface area contributed by atoms with Gasteiger partial charge in [-0.25, -0.2) is 9.37 Å². The minimum absolute atomic E-state index is 0.376. The summed E-state index contributed by atoms with van der Waals surface area (Å²) in [6.45, 7) is 0.845. The van der Waals surface area contributed by atoms with Gasteiger partial charge in [0.15, 0.2) is 11.6 Å². The second-order valence-corrected chi connectivity index (χ2v) is 7.41. The van der Waals surface area contributed by atoms with E-state index in [9.17, 15) is 4.39 Å². The molecule has 2 aromatic carbocycles. The molecule has 172 valence electrons. The number of hydrogen-bond acceptors (Lipinski definition) is 8. The van der Waals surface area contributed by atoms with Gasteiger partial charge in [-0.05, 0) is 24.3 Å². The number of nitrogens with zero attached hydrogens (tertiary/aromatic N) is 4. The summed E-state index contributed by atoms with van der Waals surface area (Å²) in [5, 5.41) is 14.1. The Hall–Kier alpha value is -4.60. The number of rotatable bonds is 9.